The van der Waals surface area contributed by atoms with Crippen LogP contribution in [0.2, 0.25) is 0 Å². The zero-order chi connectivity index (χ0) is 15.5. The van der Waals surface area contributed by atoms with Crippen LogP contribution in [0.4, 0.5) is 39.5 Å². The minimum absolute atomic E-state index is 0.224. The molecule has 0 bridgehead atoms. The highest BCUT2D eigenvalue weighted by Crippen LogP contribution is 2.53. The van der Waals surface area contributed by atoms with Crippen LogP contribution < -0.4 is 0 Å². The molecular formula is C10H12F9. The first kappa shape index (κ1) is 18.4. The van der Waals surface area contributed by atoms with Gasteiger partial charge in [0.2, 0.25) is 0 Å². The average Bonchev–Trinajstić information content (AvgIpc) is 2.28. The largest absolute Gasteiger partial charge is 0.385 e. The summed E-state index contributed by atoms with van der Waals surface area (Å²) in [5, 5.41) is 0. The quantitative estimate of drug-likeness (QED) is 0.425. The Labute approximate surface area is 104 Å². The minimum Gasteiger partial charge on any atom is -0.241 e. The monoisotopic (exact) mass is 303 g/mol. The summed E-state index contributed by atoms with van der Waals surface area (Å²) in [7, 11) is 0. The van der Waals surface area contributed by atoms with Crippen molar-refractivity contribution in [1.82, 2.24) is 0 Å². The van der Waals surface area contributed by atoms with Crippen molar-refractivity contribution in [3.8, 4) is 0 Å². The number of alkyl halides is 7. The Bertz CT molecular complexity index is 274. The van der Waals surface area contributed by atoms with Crippen LogP contribution in [0.5, 0.6) is 0 Å². The first-order valence-electron chi connectivity index (χ1n) is 5.38. The van der Waals surface area contributed by atoms with Crippen molar-refractivity contribution in [2.45, 2.75) is 56.5 Å². The Morgan fingerprint density at radius 1 is 0.947 bits per heavy atom. The van der Waals surface area contributed by atoms with Gasteiger partial charge in [-0.05, 0) is 6.42 Å². The molecule has 0 amide bonds. The molecule has 0 aromatic carbocycles. The van der Waals surface area contributed by atoms with E-state index in [2.05, 4.69) is 0 Å². The van der Waals surface area contributed by atoms with E-state index in [1.807, 2.05) is 0 Å². The van der Waals surface area contributed by atoms with Crippen molar-refractivity contribution in [3.05, 3.63) is 6.43 Å². The van der Waals surface area contributed by atoms with E-state index >= 15 is 0 Å². The van der Waals surface area contributed by atoms with E-state index in [4.69, 9.17) is 0 Å². The predicted molar refractivity (Wildman–Crippen MR) is 49.3 cm³/mol. The molecule has 0 heterocycles. The van der Waals surface area contributed by atoms with Gasteiger partial charge in [0.15, 0.2) is 6.17 Å². The lowest BCUT2D eigenvalue weighted by Gasteiger charge is -2.33. The molecule has 0 nitrogen and oxygen atoms in total. The van der Waals surface area contributed by atoms with Gasteiger partial charge < -0.3 is 0 Å². The van der Waals surface area contributed by atoms with Crippen molar-refractivity contribution in [2.24, 2.45) is 0 Å². The van der Waals surface area contributed by atoms with Gasteiger partial charge in [0.1, 0.15) is 0 Å². The second kappa shape index (κ2) is 6.21. The summed E-state index contributed by atoms with van der Waals surface area (Å²) in [6.45, 7) is 1.61. The number of hydrogen-bond acceptors (Lipinski definition) is 0. The first-order chi connectivity index (χ1) is 8.42. The van der Waals surface area contributed by atoms with Gasteiger partial charge in [0.25, 0.3) is 0 Å². The maximum absolute atomic E-state index is 13.0. The van der Waals surface area contributed by atoms with Gasteiger partial charge >= 0.3 is 24.2 Å². The normalized spacial score (nSPS) is 15.9. The Morgan fingerprint density at radius 3 is 1.79 bits per heavy atom. The molecule has 19 heavy (non-hydrogen) atoms. The second-order valence-corrected chi connectivity index (χ2v) is 4.00. The fourth-order valence-electron chi connectivity index (χ4n) is 1.28. The van der Waals surface area contributed by atoms with Gasteiger partial charge in [0, 0.05) is 0 Å². The van der Waals surface area contributed by atoms with Crippen LogP contribution in [0, 0.1) is 6.43 Å². The fourth-order valence-corrected chi connectivity index (χ4v) is 1.28. The Hall–Kier alpha value is -0.630. The molecule has 0 aromatic heterocycles. The maximum atomic E-state index is 13.0. The van der Waals surface area contributed by atoms with Crippen LogP contribution in [0.1, 0.15) is 32.6 Å². The van der Waals surface area contributed by atoms with Crippen LogP contribution in [0.25, 0.3) is 0 Å². The highest BCUT2D eigenvalue weighted by Gasteiger charge is 2.78. The summed E-state index contributed by atoms with van der Waals surface area (Å²) in [6, 6.07) is 0. The molecule has 0 saturated heterocycles. The summed E-state index contributed by atoms with van der Waals surface area (Å²) < 4.78 is 112. The van der Waals surface area contributed by atoms with E-state index in [-0.39, 0.29) is 12.8 Å². The third-order valence-electron chi connectivity index (χ3n) is 2.50. The van der Waals surface area contributed by atoms with Crippen LogP contribution in [0.3, 0.4) is 0 Å². The lowest BCUT2D eigenvalue weighted by Crippen LogP contribution is -2.59. The molecule has 0 fully saturated rings. The molecule has 0 aromatic rings. The molecule has 1 unspecified atom stereocenters. The van der Waals surface area contributed by atoms with E-state index in [1.54, 1.807) is 6.92 Å². The summed E-state index contributed by atoms with van der Waals surface area (Å²) in [6.07, 6.45) is -8.48. The summed E-state index contributed by atoms with van der Waals surface area (Å²) in [5.41, 5.74) is 0. The summed E-state index contributed by atoms with van der Waals surface area (Å²) in [4.78, 5) is 0. The lowest BCUT2D eigenvalue weighted by molar-refractivity contribution is -0.332. The van der Waals surface area contributed by atoms with Crippen molar-refractivity contribution in [3.63, 3.8) is 0 Å². The topological polar surface area (TPSA) is 0 Å². The van der Waals surface area contributed by atoms with E-state index in [0.29, 0.717) is 6.42 Å². The van der Waals surface area contributed by atoms with E-state index in [1.165, 1.54) is 0 Å². The van der Waals surface area contributed by atoms with E-state index in [0.717, 1.165) is 0 Å². The molecule has 1 atom stereocenters. The standard InChI is InChI=1S/C10H12F9/c1-2-3-4-5-6(11)8(14,15)10(18,19)9(16,17)7(12)13/h6H,2-5H2,1H3. The molecule has 0 saturated carbocycles. The maximum Gasteiger partial charge on any atom is 0.385 e. The zero-order valence-corrected chi connectivity index (χ0v) is 9.81. The van der Waals surface area contributed by atoms with Crippen LogP contribution >= 0.6 is 0 Å². The summed E-state index contributed by atoms with van der Waals surface area (Å²) in [5.74, 6) is -18.8. The SMILES string of the molecule is CCCCCC(F)C(F)(F)C(F)(F)C(F)(F)[C](F)F. The Kier molecular flexibility index (Phi) is 6.01. The van der Waals surface area contributed by atoms with Crippen molar-refractivity contribution < 1.29 is 39.5 Å². The molecule has 0 spiro atoms. The molecule has 9 heteroatoms. The van der Waals surface area contributed by atoms with Crippen molar-refractivity contribution in [2.75, 3.05) is 0 Å². The Morgan fingerprint density at radius 2 is 1.42 bits per heavy atom. The molecule has 115 valence electrons. The molecule has 0 aliphatic heterocycles. The predicted octanol–water partition coefficient (Wildman–Crippen LogP) is 5.24. The third-order valence-corrected chi connectivity index (χ3v) is 2.50. The van der Waals surface area contributed by atoms with E-state index in [9.17, 15) is 39.5 Å². The van der Waals surface area contributed by atoms with Crippen molar-refractivity contribution >= 4 is 0 Å². The van der Waals surface area contributed by atoms with Crippen LogP contribution in [-0.2, 0) is 0 Å². The van der Waals surface area contributed by atoms with Gasteiger partial charge in [-0.1, -0.05) is 26.2 Å². The average molecular weight is 303 g/mol. The van der Waals surface area contributed by atoms with Gasteiger partial charge in [-0.15, -0.1) is 0 Å². The number of rotatable bonds is 8. The molecular weight excluding hydrogens is 291 g/mol. The highest BCUT2D eigenvalue weighted by molar-refractivity contribution is 5.06. The number of halogens is 9. The molecule has 0 rings (SSSR count). The fraction of sp³-hybridized carbons (Fsp3) is 0.900. The highest BCUT2D eigenvalue weighted by atomic mass is 19.4. The molecule has 0 aliphatic carbocycles. The molecule has 0 N–H and O–H groups in total. The Balaban J connectivity index is 5.05. The van der Waals surface area contributed by atoms with Gasteiger partial charge in [-0.2, -0.15) is 35.1 Å². The van der Waals surface area contributed by atoms with Crippen LogP contribution in [0.15, 0.2) is 0 Å². The number of unbranched alkanes of at least 4 members (excludes halogenated alkanes) is 2. The van der Waals surface area contributed by atoms with Gasteiger partial charge in [-0.25, -0.2) is 4.39 Å². The van der Waals surface area contributed by atoms with Gasteiger partial charge in [-0.3, -0.25) is 0 Å². The lowest BCUT2D eigenvalue weighted by atomic mass is 9.97. The minimum atomic E-state index is -6.50. The zero-order valence-electron chi connectivity index (χ0n) is 9.81. The second-order valence-electron chi connectivity index (χ2n) is 4.00. The smallest absolute Gasteiger partial charge is 0.241 e. The third kappa shape index (κ3) is 3.47. The van der Waals surface area contributed by atoms with Crippen molar-refractivity contribution in [1.29, 1.82) is 0 Å². The van der Waals surface area contributed by atoms with Crippen LogP contribution in [-0.4, -0.2) is 23.9 Å². The summed E-state index contributed by atoms with van der Waals surface area (Å²) >= 11 is 0. The molecule has 1 radical (unpaired) electrons. The van der Waals surface area contributed by atoms with E-state index < -0.39 is 36.8 Å². The number of hydrogen-bond donors (Lipinski definition) is 0. The first-order valence-corrected chi connectivity index (χ1v) is 5.38. The molecule has 0 aliphatic rings. The van der Waals surface area contributed by atoms with Gasteiger partial charge in [0.05, 0.1) is 0 Å².